The van der Waals surface area contributed by atoms with Crippen LogP contribution < -0.4 is 5.32 Å². The molecule has 0 radical (unpaired) electrons. The summed E-state index contributed by atoms with van der Waals surface area (Å²) in [4.78, 5) is 2.71. The van der Waals surface area contributed by atoms with E-state index in [0.717, 1.165) is 6.04 Å². The highest BCUT2D eigenvalue weighted by atomic mass is 15.2. The standard InChI is InChI=1S/C13H28N2/c1-3-5-6-11-15(10-4-2)13-8-7-9-14-12-13/h13-14H,3-12H2,1-2H3. The number of nitrogens with one attached hydrogen (secondary N) is 1. The van der Waals surface area contributed by atoms with Crippen molar-refractivity contribution in [2.75, 3.05) is 26.2 Å². The molecular formula is C13H28N2. The van der Waals surface area contributed by atoms with Crippen LogP contribution in [0.2, 0.25) is 0 Å². The molecule has 0 amide bonds. The molecule has 1 aliphatic rings. The molecule has 0 aromatic heterocycles. The van der Waals surface area contributed by atoms with Gasteiger partial charge >= 0.3 is 0 Å². The lowest BCUT2D eigenvalue weighted by atomic mass is 10.0. The second-order valence-electron chi connectivity index (χ2n) is 4.74. The van der Waals surface area contributed by atoms with E-state index in [-0.39, 0.29) is 0 Å². The monoisotopic (exact) mass is 212 g/mol. The fourth-order valence-corrected chi connectivity index (χ4v) is 2.47. The van der Waals surface area contributed by atoms with Gasteiger partial charge in [-0.2, -0.15) is 0 Å². The van der Waals surface area contributed by atoms with Gasteiger partial charge in [0.15, 0.2) is 0 Å². The van der Waals surface area contributed by atoms with Crippen LogP contribution in [-0.4, -0.2) is 37.1 Å². The number of hydrogen-bond donors (Lipinski definition) is 1. The fourth-order valence-electron chi connectivity index (χ4n) is 2.47. The number of rotatable bonds is 7. The van der Waals surface area contributed by atoms with Crippen LogP contribution in [-0.2, 0) is 0 Å². The Morgan fingerprint density at radius 1 is 1.13 bits per heavy atom. The first-order chi connectivity index (χ1) is 7.38. The Hall–Kier alpha value is -0.0800. The molecule has 1 atom stereocenters. The molecule has 1 saturated heterocycles. The Kier molecular flexibility index (Phi) is 7.03. The predicted molar refractivity (Wildman–Crippen MR) is 67.3 cm³/mol. The number of piperidine rings is 1. The maximum Gasteiger partial charge on any atom is 0.0221 e. The minimum Gasteiger partial charge on any atom is -0.315 e. The summed E-state index contributed by atoms with van der Waals surface area (Å²) in [5.41, 5.74) is 0. The van der Waals surface area contributed by atoms with Gasteiger partial charge in [0, 0.05) is 12.6 Å². The highest BCUT2D eigenvalue weighted by Gasteiger charge is 2.19. The lowest BCUT2D eigenvalue weighted by Crippen LogP contribution is -2.46. The normalized spacial score (nSPS) is 22.2. The Bertz CT molecular complexity index is 141. The predicted octanol–water partition coefficient (Wildman–Crippen LogP) is 2.64. The first-order valence-corrected chi connectivity index (χ1v) is 6.83. The van der Waals surface area contributed by atoms with Gasteiger partial charge in [0.2, 0.25) is 0 Å². The Labute approximate surface area is 95.4 Å². The number of unbranched alkanes of at least 4 members (excludes halogenated alkanes) is 2. The zero-order valence-corrected chi connectivity index (χ0v) is 10.6. The molecule has 1 aliphatic heterocycles. The van der Waals surface area contributed by atoms with E-state index in [1.54, 1.807) is 0 Å². The molecule has 2 nitrogen and oxygen atoms in total. The molecule has 1 fully saturated rings. The molecular weight excluding hydrogens is 184 g/mol. The average molecular weight is 212 g/mol. The first kappa shape index (κ1) is 13.0. The van der Waals surface area contributed by atoms with E-state index < -0.39 is 0 Å². The van der Waals surface area contributed by atoms with Gasteiger partial charge in [0.1, 0.15) is 0 Å². The summed E-state index contributed by atoms with van der Waals surface area (Å²) < 4.78 is 0. The van der Waals surface area contributed by atoms with Crippen LogP contribution in [0.5, 0.6) is 0 Å². The van der Waals surface area contributed by atoms with Gasteiger partial charge in [-0.25, -0.2) is 0 Å². The van der Waals surface area contributed by atoms with Crippen molar-refractivity contribution in [3.05, 3.63) is 0 Å². The molecule has 1 heterocycles. The van der Waals surface area contributed by atoms with Crippen LogP contribution in [0, 0.1) is 0 Å². The highest BCUT2D eigenvalue weighted by Crippen LogP contribution is 2.12. The van der Waals surface area contributed by atoms with Gasteiger partial charge in [-0.3, -0.25) is 4.90 Å². The van der Waals surface area contributed by atoms with Crippen LogP contribution in [0.25, 0.3) is 0 Å². The third-order valence-electron chi connectivity index (χ3n) is 3.35. The molecule has 0 aromatic carbocycles. The Morgan fingerprint density at radius 2 is 2.00 bits per heavy atom. The quantitative estimate of drug-likeness (QED) is 0.653. The molecule has 15 heavy (non-hydrogen) atoms. The van der Waals surface area contributed by atoms with E-state index in [4.69, 9.17) is 0 Å². The molecule has 2 heteroatoms. The molecule has 1 rings (SSSR count). The molecule has 0 saturated carbocycles. The molecule has 1 N–H and O–H groups in total. The fraction of sp³-hybridized carbons (Fsp3) is 1.00. The summed E-state index contributed by atoms with van der Waals surface area (Å²) in [5.74, 6) is 0. The van der Waals surface area contributed by atoms with Crippen molar-refractivity contribution >= 4 is 0 Å². The van der Waals surface area contributed by atoms with E-state index in [9.17, 15) is 0 Å². The van der Waals surface area contributed by atoms with Gasteiger partial charge < -0.3 is 5.32 Å². The molecule has 0 bridgehead atoms. The van der Waals surface area contributed by atoms with Crippen molar-refractivity contribution in [2.24, 2.45) is 0 Å². The average Bonchev–Trinajstić information content (AvgIpc) is 2.29. The zero-order chi connectivity index (χ0) is 10.9. The maximum atomic E-state index is 3.52. The SMILES string of the molecule is CCCCCN(CCC)C1CCCNC1. The maximum absolute atomic E-state index is 3.52. The van der Waals surface area contributed by atoms with Crippen LogP contribution >= 0.6 is 0 Å². The second-order valence-corrected chi connectivity index (χ2v) is 4.74. The lowest BCUT2D eigenvalue weighted by Gasteiger charge is -2.34. The molecule has 0 aliphatic carbocycles. The molecule has 1 unspecified atom stereocenters. The number of nitrogens with zero attached hydrogens (tertiary/aromatic N) is 1. The minimum atomic E-state index is 0.815. The lowest BCUT2D eigenvalue weighted by molar-refractivity contribution is 0.163. The summed E-state index contributed by atoms with van der Waals surface area (Å²) in [6.45, 7) is 9.62. The summed E-state index contributed by atoms with van der Waals surface area (Å²) in [7, 11) is 0. The topological polar surface area (TPSA) is 15.3 Å². The molecule has 90 valence electrons. The third kappa shape index (κ3) is 4.98. The highest BCUT2D eigenvalue weighted by molar-refractivity contribution is 4.78. The summed E-state index contributed by atoms with van der Waals surface area (Å²) in [5, 5.41) is 3.52. The summed E-state index contributed by atoms with van der Waals surface area (Å²) >= 11 is 0. The van der Waals surface area contributed by atoms with Crippen molar-refractivity contribution in [3.8, 4) is 0 Å². The van der Waals surface area contributed by atoms with Crippen molar-refractivity contribution in [3.63, 3.8) is 0 Å². The van der Waals surface area contributed by atoms with Crippen molar-refractivity contribution in [1.29, 1.82) is 0 Å². The van der Waals surface area contributed by atoms with Crippen molar-refractivity contribution in [1.82, 2.24) is 10.2 Å². The second kappa shape index (κ2) is 8.12. The van der Waals surface area contributed by atoms with Crippen molar-refractivity contribution < 1.29 is 0 Å². The minimum absolute atomic E-state index is 0.815. The van der Waals surface area contributed by atoms with E-state index in [1.165, 1.54) is 64.7 Å². The van der Waals surface area contributed by atoms with E-state index in [0.29, 0.717) is 0 Å². The Morgan fingerprint density at radius 3 is 2.60 bits per heavy atom. The zero-order valence-electron chi connectivity index (χ0n) is 10.6. The largest absolute Gasteiger partial charge is 0.315 e. The van der Waals surface area contributed by atoms with Gasteiger partial charge in [-0.15, -0.1) is 0 Å². The van der Waals surface area contributed by atoms with E-state index >= 15 is 0 Å². The van der Waals surface area contributed by atoms with Crippen LogP contribution in [0.3, 0.4) is 0 Å². The van der Waals surface area contributed by atoms with Gasteiger partial charge in [0.05, 0.1) is 0 Å². The molecule has 0 aromatic rings. The third-order valence-corrected chi connectivity index (χ3v) is 3.35. The van der Waals surface area contributed by atoms with Crippen LogP contribution in [0.1, 0.15) is 52.4 Å². The van der Waals surface area contributed by atoms with Gasteiger partial charge in [-0.1, -0.05) is 26.7 Å². The van der Waals surface area contributed by atoms with Crippen LogP contribution in [0.15, 0.2) is 0 Å². The van der Waals surface area contributed by atoms with E-state index in [1.807, 2.05) is 0 Å². The van der Waals surface area contributed by atoms with Crippen molar-refractivity contribution in [2.45, 2.75) is 58.4 Å². The Balaban J connectivity index is 2.26. The van der Waals surface area contributed by atoms with Crippen LogP contribution in [0.4, 0.5) is 0 Å². The molecule has 0 spiro atoms. The van der Waals surface area contributed by atoms with E-state index in [2.05, 4.69) is 24.1 Å². The van der Waals surface area contributed by atoms with Gasteiger partial charge in [-0.05, 0) is 45.3 Å². The smallest absolute Gasteiger partial charge is 0.0221 e. The first-order valence-electron chi connectivity index (χ1n) is 6.83. The number of hydrogen-bond acceptors (Lipinski definition) is 2. The summed E-state index contributed by atoms with van der Waals surface area (Å²) in [6, 6.07) is 0.815. The van der Waals surface area contributed by atoms with Gasteiger partial charge in [0.25, 0.3) is 0 Å². The summed E-state index contributed by atoms with van der Waals surface area (Å²) in [6.07, 6.45) is 8.16.